The molecule has 6 amide bonds. The monoisotopic (exact) mass is 1930 g/mol. The number of ether oxygens (including phenoxy) is 19. The largest absolute Gasteiger partial charge is 0.397 e. The van der Waals surface area contributed by atoms with E-state index in [-0.39, 0.29) is 0 Å². The maximum Gasteiger partial charge on any atom is 0.397 e. The molecule has 30 N–H and O–H groups in total. The molecule has 58 nitrogen and oxygen atoms in total. The van der Waals surface area contributed by atoms with Crippen LogP contribution in [0.4, 0.5) is 0 Å². The third-order valence-electron chi connectivity index (χ3n) is 23.4. The molecule has 0 saturated carbocycles. The van der Waals surface area contributed by atoms with Crippen LogP contribution in [-0.2, 0) is 133 Å². The Hall–Kier alpha value is -4.99. The number of rotatable bonds is 34. The highest BCUT2D eigenvalue weighted by Gasteiger charge is 2.63. The molecule has 0 spiro atoms. The van der Waals surface area contributed by atoms with Crippen LogP contribution >= 0.6 is 0 Å². The minimum absolute atomic E-state index is 0.851. The van der Waals surface area contributed by atoms with Crippen molar-refractivity contribution in [1.29, 1.82) is 0 Å². The predicted molar refractivity (Wildman–Crippen MR) is 407 cm³/mol. The molecule has 0 aromatic rings. The fraction of sp³-hybridized carbons (Fsp3) is 0.917. The van der Waals surface area contributed by atoms with E-state index in [1.54, 1.807) is 0 Å². The van der Waals surface area contributed by atoms with E-state index < -0.39 is 405 Å². The van der Waals surface area contributed by atoms with Crippen molar-refractivity contribution in [3.8, 4) is 0 Å². The average molecular weight is 1930 g/mol. The summed E-state index contributed by atoms with van der Waals surface area (Å²) >= 11 is 0. The second kappa shape index (κ2) is 46.6. The van der Waals surface area contributed by atoms with E-state index in [0.717, 1.165) is 41.5 Å². The number of aliphatic hydroxyl groups is 23. The molecule has 10 saturated heterocycles. The van der Waals surface area contributed by atoms with Crippen LogP contribution in [0.5, 0.6) is 0 Å². The molecule has 0 aromatic carbocycles. The zero-order valence-electron chi connectivity index (χ0n) is 71.1. The summed E-state index contributed by atoms with van der Waals surface area (Å²) in [6, 6.07) is -11.7. The highest BCUT2D eigenvalue weighted by molar-refractivity contribution is 7.80. The van der Waals surface area contributed by atoms with Gasteiger partial charge in [0.25, 0.3) is 0 Å². The molecule has 10 aliphatic rings. The highest BCUT2D eigenvalue weighted by atomic mass is 32.3. The van der Waals surface area contributed by atoms with Crippen molar-refractivity contribution in [3.63, 3.8) is 0 Å². The quantitative estimate of drug-likeness (QED) is 0.0266. The van der Waals surface area contributed by atoms with Crippen LogP contribution in [0.25, 0.3) is 0 Å². The second-order valence-electron chi connectivity index (χ2n) is 32.9. The van der Waals surface area contributed by atoms with Crippen LogP contribution in [0.3, 0.4) is 0 Å². The van der Waals surface area contributed by atoms with Crippen LogP contribution < -0.4 is 31.9 Å². The minimum Gasteiger partial charge on any atom is -0.394 e. The van der Waals surface area contributed by atoms with E-state index in [2.05, 4.69) is 31.9 Å². The predicted octanol–water partition coefficient (Wildman–Crippen LogP) is -20.1. The number of carbonyl (C=O) groups is 6. The molecule has 0 aromatic heterocycles. The van der Waals surface area contributed by atoms with Gasteiger partial charge >= 0.3 is 10.4 Å². The van der Waals surface area contributed by atoms with Gasteiger partial charge in [-0.25, -0.2) is 4.18 Å². The first-order valence-electron chi connectivity index (χ1n) is 41.5. The summed E-state index contributed by atoms with van der Waals surface area (Å²) in [7, 11) is -5.66. The Balaban J connectivity index is 0.988. The first-order chi connectivity index (χ1) is 61.6. The number of hydrogen-bond acceptors (Lipinski definition) is 51. The molecule has 756 valence electrons. The first kappa shape index (κ1) is 108. The van der Waals surface area contributed by atoms with Crippen molar-refractivity contribution in [1.82, 2.24) is 31.9 Å². The van der Waals surface area contributed by atoms with E-state index in [9.17, 15) is 159 Å². The zero-order chi connectivity index (χ0) is 96.9. The van der Waals surface area contributed by atoms with Gasteiger partial charge in [0.1, 0.15) is 232 Å². The van der Waals surface area contributed by atoms with E-state index in [1.807, 2.05) is 0 Å². The van der Waals surface area contributed by atoms with Gasteiger partial charge in [0.15, 0.2) is 62.9 Å². The lowest BCUT2D eigenvalue weighted by molar-refractivity contribution is -0.402. The number of hydrogen-bond donors (Lipinski definition) is 30. The summed E-state index contributed by atoms with van der Waals surface area (Å²) in [4.78, 5) is 78.3. The van der Waals surface area contributed by atoms with Gasteiger partial charge in [-0.05, 0) is 13.8 Å². The molecule has 50 atom stereocenters. The minimum atomic E-state index is -5.66. The lowest BCUT2D eigenvalue weighted by Crippen LogP contribution is -2.72. The van der Waals surface area contributed by atoms with Gasteiger partial charge in [0, 0.05) is 41.5 Å². The summed E-state index contributed by atoms with van der Waals surface area (Å²) < 4.78 is 156. The van der Waals surface area contributed by atoms with Crippen LogP contribution in [0.15, 0.2) is 0 Å². The Morgan fingerprint density at radius 3 is 0.870 bits per heavy atom. The summed E-state index contributed by atoms with van der Waals surface area (Å²) in [6.07, 6.45) is -93.7. The van der Waals surface area contributed by atoms with E-state index >= 15 is 0 Å². The normalized spacial score (nSPS) is 47.1. The molecule has 0 radical (unpaired) electrons. The Kier molecular flexibility index (Phi) is 38.5. The van der Waals surface area contributed by atoms with Crippen molar-refractivity contribution in [2.75, 3.05) is 52.9 Å². The smallest absolute Gasteiger partial charge is 0.394 e. The number of carbonyl (C=O) groups excluding carboxylic acids is 6. The zero-order valence-corrected chi connectivity index (χ0v) is 71.9. The van der Waals surface area contributed by atoms with E-state index in [1.165, 1.54) is 13.8 Å². The Bertz CT molecular complexity index is 3820. The van der Waals surface area contributed by atoms with Crippen LogP contribution in [-0.4, -0.2) is 525 Å². The van der Waals surface area contributed by atoms with Gasteiger partial charge < -0.3 is 239 Å². The molecule has 0 unspecified atom stereocenters. The topological polar surface area (TPSA) is 879 Å². The van der Waals surface area contributed by atoms with Gasteiger partial charge in [-0.2, -0.15) is 8.42 Å². The van der Waals surface area contributed by atoms with Gasteiger partial charge in [-0.15, -0.1) is 0 Å². The van der Waals surface area contributed by atoms with Crippen LogP contribution in [0.1, 0.15) is 55.4 Å². The summed E-state index contributed by atoms with van der Waals surface area (Å²) in [6.45, 7) is -1.66. The molecule has 0 aliphatic carbocycles. The number of nitrogens with one attached hydrogen (secondary N) is 6. The molecular weight excluding hydrogens is 1810 g/mol. The first-order valence-corrected chi connectivity index (χ1v) is 42.8. The van der Waals surface area contributed by atoms with Crippen molar-refractivity contribution in [2.24, 2.45) is 0 Å². The maximum absolute atomic E-state index is 13.4. The lowest BCUT2D eigenvalue weighted by Gasteiger charge is -2.52. The van der Waals surface area contributed by atoms with Gasteiger partial charge in [-0.3, -0.25) is 33.3 Å². The van der Waals surface area contributed by atoms with E-state index in [4.69, 9.17) is 94.2 Å². The Morgan fingerprint density at radius 2 is 0.519 bits per heavy atom. The molecular formula is C72H120N6O52S. The van der Waals surface area contributed by atoms with Crippen molar-refractivity contribution >= 4 is 45.8 Å². The third-order valence-corrected chi connectivity index (χ3v) is 23.8. The lowest BCUT2D eigenvalue weighted by atomic mass is 9.93. The second-order valence-corrected chi connectivity index (χ2v) is 34.0. The van der Waals surface area contributed by atoms with E-state index in [0.29, 0.717) is 0 Å². The number of aliphatic hydroxyl groups excluding tert-OH is 23. The van der Waals surface area contributed by atoms with Gasteiger partial charge in [-0.1, -0.05) is 0 Å². The Labute approximate surface area is 743 Å². The maximum atomic E-state index is 13.4. The van der Waals surface area contributed by atoms with Gasteiger partial charge in [0.05, 0.1) is 65.1 Å². The van der Waals surface area contributed by atoms with Crippen molar-refractivity contribution < 1.29 is 253 Å². The van der Waals surface area contributed by atoms with Crippen LogP contribution in [0.2, 0.25) is 0 Å². The highest BCUT2D eigenvalue weighted by Crippen LogP contribution is 2.42. The molecule has 59 heteroatoms. The van der Waals surface area contributed by atoms with Gasteiger partial charge in [0.2, 0.25) is 35.4 Å². The summed E-state index contributed by atoms with van der Waals surface area (Å²) in [5, 5.41) is 275. The molecule has 131 heavy (non-hydrogen) atoms. The fourth-order valence-corrected chi connectivity index (χ4v) is 17.1. The van der Waals surface area contributed by atoms with Crippen molar-refractivity contribution in [2.45, 2.75) is 362 Å². The Morgan fingerprint density at radius 1 is 0.252 bits per heavy atom. The summed E-state index contributed by atoms with van der Waals surface area (Å²) in [5.41, 5.74) is 0. The fourth-order valence-electron chi connectivity index (χ4n) is 16.8. The standard InChI is InChI=1S/C72H120N6O52S/c1-17-39(91)51(103)53(105)69(113-17)129-61-59(127-67-37(77-23(7)89)57(43(95)27(11-81)118-67)124-65-33(73-19(3)85)48(100)41(93)25(9-79)116-65)45(97)29(13-83)120-71(61)123-55-32(16-112-131(108,109)110)122-64(35(50(55)102)75-21(5)87)111-15-31-47(99)56(36(63(107)115-31)76-22(6)88)126-72-62(130-70-54(106)52(104)40(92)18(2)114-70)60(46(98)30(14-84)121-72)128-68-38(78-24(8)90)58(44(96)28(12-82)119-68)125-66-34(74-20(4)86)49(101)42(94)26(10-80)117-66/h17-18,25-72,79-84,91-107H,9-16H2,1-8H3,(H,73,85)(H,74,86)(H,75,87)(H,76,88)(H,77,89)(H,78,90)(H,108,109,110)/t17-,18-,25+,26+,27+,28+,29+,30+,31+,32+,33+,34+,35+,36+,37+,38+,39+,40+,41+,42+,43-,44-,45-,46-,47-,48+,49+,50+,51+,52+,53-,54-,55+,56+,57+,58+,59-,60-,61+,62+,63-,64+,65+,66+,67+,68+,69-,70-,71-,72-/m0/s1. The number of amides is 6. The molecule has 10 rings (SSSR count). The third kappa shape index (κ3) is 25.2. The van der Waals surface area contributed by atoms with Crippen LogP contribution in [0, 0.1) is 0 Å². The molecule has 10 aliphatic heterocycles. The van der Waals surface area contributed by atoms with Crippen molar-refractivity contribution in [3.05, 3.63) is 0 Å². The average Bonchev–Trinajstić information content (AvgIpc) is 0.757. The molecule has 0 bridgehead atoms. The molecule has 10 fully saturated rings. The summed E-state index contributed by atoms with van der Waals surface area (Å²) in [5.74, 6) is -5.77. The molecule has 10 heterocycles. The SMILES string of the molecule is CC(=O)N[C@@H]1[C@@H](O[C@@H]2O[C@H](CO)[C@H](O)[C@H](O[C@H]3O[C@H](CO)[C@H](O)[C@H](O[C@H]4O[C@H](CO)[C@@H](O)[C@H](O)[C@H]4NC(C)=O)[C@H]3NC(C)=O)[C@H]2O[C@@H]2O[C@@H](C)[C@@H](O)[C@@H](O)[C@@H]2O)[C@@H](O)[C@@H](CO[C@@H]2O[C@H](COS(=O)(=O)O)[C@@H](O[C@@H]3O[C@H](CO)[C@H](O)[C@H](O[C@H]4O[C@H](CO)[C@H](O)[C@H](O[C@H]5O[C@H](CO)[C@@H](O)[C@H](O)[C@H]5NC(C)=O)[C@H]4NC(C)=O)[C@H]3O[C@@H]3O[C@@H](C)[C@@H](O)[C@@H](O)[C@@H]3O)[C@H](O)[C@H]2NC(C)=O)O[C@@H]1O.